The van der Waals surface area contributed by atoms with Crippen LogP contribution < -0.4 is 5.32 Å². The van der Waals surface area contributed by atoms with E-state index in [0.29, 0.717) is 24.0 Å². The molecule has 0 bridgehead atoms. The Bertz CT molecular complexity index is 387. The van der Waals surface area contributed by atoms with Gasteiger partial charge in [-0.15, -0.1) is 0 Å². The molecule has 0 spiro atoms. The predicted octanol–water partition coefficient (Wildman–Crippen LogP) is 3.68. The summed E-state index contributed by atoms with van der Waals surface area (Å²) in [4.78, 5) is 15.4. The van der Waals surface area contributed by atoms with E-state index in [1.54, 1.807) is 0 Å². The lowest BCUT2D eigenvalue weighted by Gasteiger charge is -2.35. The van der Waals surface area contributed by atoms with Crippen molar-refractivity contribution >= 4 is 5.91 Å². The molecular weight excluding hydrogens is 260 g/mol. The zero-order valence-corrected chi connectivity index (χ0v) is 14.0. The van der Waals surface area contributed by atoms with Crippen LogP contribution in [0.4, 0.5) is 0 Å². The van der Waals surface area contributed by atoms with Crippen molar-refractivity contribution in [3.05, 3.63) is 0 Å². The highest BCUT2D eigenvalue weighted by Gasteiger charge is 2.51. The third kappa shape index (κ3) is 2.86. The predicted molar refractivity (Wildman–Crippen MR) is 85.8 cm³/mol. The van der Waals surface area contributed by atoms with E-state index >= 15 is 0 Å². The van der Waals surface area contributed by atoms with E-state index in [-0.39, 0.29) is 5.54 Å². The van der Waals surface area contributed by atoms with Crippen molar-refractivity contribution < 1.29 is 4.79 Å². The molecule has 1 N–H and O–H groups in total. The molecule has 3 heteroatoms. The Morgan fingerprint density at radius 2 is 1.90 bits per heavy atom. The number of rotatable bonds is 6. The normalized spacial score (nSPS) is 35.7. The Kier molecular flexibility index (Phi) is 4.31. The summed E-state index contributed by atoms with van der Waals surface area (Å²) in [6.45, 7) is 6.51. The van der Waals surface area contributed by atoms with E-state index < -0.39 is 0 Å². The maximum Gasteiger partial charge on any atom is 0.244 e. The maximum atomic E-state index is 13.1. The number of nitrogens with one attached hydrogen (secondary N) is 1. The Morgan fingerprint density at radius 3 is 2.43 bits per heavy atom. The lowest BCUT2D eigenvalue weighted by Crippen LogP contribution is -2.48. The number of hydrogen-bond donors (Lipinski definition) is 1. The summed E-state index contributed by atoms with van der Waals surface area (Å²) in [5.41, 5.74) is -0.329. The fourth-order valence-corrected chi connectivity index (χ4v) is 4.35. The van der Waals surface area contributed by atoms with Crippen molar-refractivity contribution in [1.82, 2.24) is 10.2 Å². The second-order valence-electron chi connectivity index (χ2n) is 7.77. The first-order chi connectivity index (χ1) is 10.1. The minimum atomic E-state index is -0.329. The summed E-state index contributed by atoms with van der Waals surface area (Å²) in [7, 11) is 0. The molecule has 3 nitrogen and oxygen atoms in total. The Hall–Kier alpha value is -0.570. The summed E-state index contributed by atoms with van der Waals surface area (Å²) >= 11 is 0. The molecule has 0 aromatic rings. The third-order valence-electron chi connectivity index (χ3n) is 6.19. The van der Waals surface area contributed by atoms with Crippen LogP contribution in [0.2, 0.25) is 0 Å². The molecule has 1 amide bonds. The lowest BCUT2D eigenvalue weighted by atomic mass is 9.98. The highest BCUT2D eigenvalue weighted by atomic mass is 16.2. The zero-order valence-electron chi connectivity index (χ0n) is 14.0. The Morgan fingerprint density at radius 1 is 1.24 bits per heavy atom. The molecule has 120 valence electrons. The SMILES string of the molecule is CCC(CC1CC1)N1C(=O)C(C)(CC)NC1C1CCCC1. The van der Waals surface area contributed by atoms with Gasteiger partial charge < -0.3 is 4.90 Å². The number of carbonyl (C=O) groups is 1. The average molecular weight is 292 g/mol. The van der Waals surface area contributed by atoms with Crippen LogP contribution in [0, 0.1) is 11.8 Å². The molecule has 0 radical (unpaired) electrons. The van der Waals surface area contributed by atoms with Crippen molar-refractivity contribution in [3.63, 3.8) is 0 Å². The van der Waals surface area contributed by atoms with Gasteiger partial charge in [-0.05, 0) is 50.9 Å². The lowest BCUT2D eigenvalue weighted by molar-refractivity contribution is -0.136. The zero-order chi connectivity index (χ0) is 15.0. The van der Waals surface area contributed by atoms with E-state index in [1.165, 1.54) is 44.9 Å². The first-order valence-corrected chi connectivity index (χ1v) is 9.19. The molecule has 3 fully saturated rings. The molecule has 0 aromatic carbocycles. The number of carbonyl (C=O) groups excluding carboxylic acids is 1. The largest absolute Gasteiger partial charge is 0.322 e. The summed E-state index contributed by atoms with van der Waals surface area (Å²) in [5.74, 6) is 1.94. The van der Waals surface area contributed by atoms with Crippen LogP contribution in [0.25, 0.3) is 0 Å². The van der Waals surface area contributed by atoms with Crippen LogP contribution in [0.3, 0.4) is 0 Å². The van der Waals surface area contributed by atoms with Crippen LogP contribution in [-0.4, -0.2) is 28.6 Å². The van der Waals surface area contributed by atoms with Crippen LogP contribution in [-0.2, 0) is 4.79 Å². The third-order valence-corrected chi connectivity index (χ3v) is 6.19. The molecule has 3 rings (SSSR count). The van der Waals surface area contributed by atoms with Gasteiger partial charge in [-0.1, -0.05) is 39.5 Å². The number of nitrogens with zero attached hydrogens (tertiary/aromatic N) is 1. The molecule has 0 aromatic heterocycles. The van der Waals surface area contributed by atoms with Crippen LogP contribution in [0.1, 0.15) is 78.6 Å². The number of hydrogen-bond acceptors (Lipinski definition) is 2. The summed E-state index contributed by atoms with van der Waals surface area (Å²) < 4.78 is 0. The fourth-order valence-electron chi connectivity index (χ4n) is 4.35. The topological polar surface area (TPSA) is 32.3 Å². The van der Waals surface area contributed by atoms with Gasteiger partial charge in [-0.2, -0.15) is 0 Å². The van der Waals surface area contributed by atoms with Gasteiger partial charge in [-0.3, -0.25) is 10.1 Å². The van der Waals surface area contributed by atoms with Crippen molar-refractivity contribution in [2.45, 2.75) is 96.3 Å². The molecular formula is C18H32N2O. The minimum absolute atomic E-state index is 0.300. The second kappa shape index (κ2) is 5.91. The molecule has 3 atom stereocenters. The van der Waals surface area contributed by atoms with E-state index in [1.807, 2.05) is 0 Å². The monoisotopic (exact) mass is 292 g/mol. The molecule has 2 saturated carbocycles. The van der Waals surface area contributed by atoms with Gasteiger partial charge in [0.25, 0.3) is 0 Å². The van der Waals surface area contributed by atoms with Gasteiger partial charge in [0.05, 0.1) is 11.7 Å². The van der Waals surface area contributed by atoms with Crippen molar-refractivity contribution in [2.75, 3.05) is 0 Å². The molecule has 3 unspecified atom stereocenters. The fraction of sp³-hybridized carbons (Fsp3) is 0.944. The first kappa shape index (κ1) is 15.3. The van der Waals surface area contributed by atoms with Gasteiger partial charge in [0.1, 0.15) is 0 Å². The van der Waals surface area contributed by atoms with E-state index in [4.69, 9.17) is 0 Å². The van der Waals surface area contributed by atoms with E-state index in [0.717, 1.165) is 18.8 Å². The highest BCUT2D eigenvalue weighted by molar-refractivity contribution is 5.88. The maximum absolute atomic E-state index is 13.1. The molecule has 1 saturated heterocycles. The Balaban J connectivity index is 1.82. The van der Waals surface area contributed by atoms with Crippen molar-refractivity contribution in [2.24, 2.45) is 11.8 Å². The highest BCUT2D eigenvalue weighted by Crippen LogP contribution is 2.41. The summed E-state index contributed by atoms with van der Waals surface area (Å²) in [6, 6.07) is 0.455. The number of amides is 1. The molecule has 3 aliphatic rings. The average Bonchev–Trinajstić information content (AvgIpc) is 3.06. The van der Waals surface area contributed by atoms with E-state index in [2.05, 4.69) is 31.0 Å². The molecule has 1 aliphatic heterocycles. The molecule has 21 heavy (non-hydrogen) atoms. The van der Waals surface area contributed by atoms with Crippen molar-refractivity contribution in [1.29, 1.82) is 0 Å². The summed E-state index contributed by atoms with van der Waals surface area (Å²) in [6.07, 6.45) is 11.6. The standard InChI is InChI=1S/C18H32N2O/c1-4-15(12-13-10-11-13)20-16(14-8-6-7-9-14)19-18(3,5-2)17(20)21/h13-16,19H,4-12H2,1-3H3. The van der Waals surface area contributed by atoms with Crippen LogP contribution >= 0.6 is 0 Å². The van der Waals surface area contributed by atoms with Crippen molar-refractivity contribution in [3.8, 4) is 0 Å². The first-order valence-electron chi connectivity index (χ1n) is 9.19. The van der Waals surface area contributed by atoms with Gasteiger partial charge >= 0.3 is 0 Å². The van der Waals surface area contributed by atoms with Gasteiger partial charge in [0, 0.05) is 6.04 Å². The second-order valence-corrected chi connectivity index (χ2v) is 7.77. The smallest absolute Gasteiger partial charge is 0.244 e. The quantitative estimate of drug-likeness (QED) is 0.810. The molecule has 2 aliphatic carbocycles. The summed E-state index contributed by atoms with van der Waals surface area (Å²) in [5, 5.41) is 3.74. The molecule has 1 heterocycles. The van der Waals surface area contributed by atoms with E-state index in [9.17, 15) is 4.79 Å². The Labute approximate surface area is 129 Å². The van der Waals surface area contributed by atoms with Gasteiger partial charge in [0.2, 0.25) is 5.91 Å². The minimum Gasteiger partial charge on any atom is -0.322 e. The van der Waals surface area contributed by atoms with Crippen LogP contribution in [0.15, 0.2) is 0 Å². The van der Waals surface area contributed by atoms with Gasteiger partial charge in [0.15, 0.2) is 0 Å². The van der Waals surface area contributed by atoms with Gasteiger partial charge in [-0.25, -0.2) is 0 Å². The van der Waals surface area contributed by atoms with Crippen LogP contribution in [0.5, 0.6) is 0 Å².